The molecule has 3 saturated heterocycles. The molecule has 0 amide bonds. The molecule has 3 aliphatic rings. The average molecular weight is 419 g/mol. The molecule has 0 atom stereocenters. The molecule has 8 nitrogen and oxygen atoms in total. The van der Waals surface area contributed by atoms with Gasteiger partial charge in [-0.15, -0.1) is 0 Å². The van der Waals surface area contributed by atoms with Gasteiger partial charge in [0.2, 0.25) is 0 Å². The van der Waals surface area contributed by atoms with Crippen LogP contribution in [0.1, 0.15) is 32.6 Å². The maximum atomic E-state index is 4.40. The first-order valence-electron chi connectivity index (χ1n) is 12.0. The van der Waals surface area contributed by atoms with Gasteiger partial charge in [0, 0.05) is 84.6 Å². The second-order valence-electron chi connectivity index (χ2n) is 8.36. The summed E-state index contributed by atoms with van der Waals surface area (Å²) in [5.41, 5.74) is 0. The van der Waals surface area contributed by atoms with Crippen LogP contribution < -0.4 is 25.8 Å². The fourth-order valence-corrected chi connectivity index (χ4v) is 4.17. The third-order valence-corrected chi connectivity index (χ3v) is 6.06. The molecule has 3 N–H and O–H groups in total. The van der Waals surface area contributed by atoms with Crippen molar-refractivity contribution in [3.05, 3.63) is 12.4 Å². The molecule has 0 bridgehead atoms. The lowest BCUT2D eigenvalue weighted by molar-refractivity contribution is 0.236. The van der Waals surface area contributed by atoms with Gasteiger partial charge in [-0.05, 0) is 13.0 Å². The summed E-state index contributed by atoms with van der Waals surface area (Å²) in [6, 6.07) is 2.12. The van der Waals surface area contributed by atoms with E-state index in [4.69, 9.17) is 0 Å². The lowest BCUT2D eigenvalue weighted by atomic mass is 10.2. The Morgan fingerprint density at radius 1 is 0.700 bits per heavy atom. The van der Waals surface area contributed by atoms with Crippen molar-refractivity contribution in [2.24, 2.45) is 0 Å². The van der Waals surface area contributed by atoms with E-state index in [0.29, 0.717) is 0 Å². The molecule has 0 spiro atoms. The van der Waals surface area contributed by atoms with Crippen molar-refractivity contribution in [2.45, 2.75) is 32.6 Å². The van der Waals surface area contributed by atoms with Crippen LogP contribution in [0.25, 0.3) is 0 Å². The van der Waals surface area contributed by atoms with Crippen molar-refractivity contribution in [3.8, 4) is 0 Å². The van der Waals surface area contributed by atoms with Crippen LogP contribution in [0.15, 0.2) is 12.4 Å². The summed E-state index contributed by atoms with van der Waals surface area (Å²) >= 11 is 0. The number of piperazine rings is 3. The van der Waals surface area contributed by atoms with Crippen LogP contribution in [0.4, 0.5) is 11.6 Å². The first-order valence-corrected chi connectivity index (χ1v) is 12.0. The molecule has 0 unspecified atom stereocenters. The van der Waals surface area contributed by atoms with Crippen molar-refractivity contribution in [1.29, 1.82) is 0 Å². The van der Waals surface area contributed by atoms with Crippen LogP contribution in [0.5, 0.6) is 0 Å². The first kappa shape index (κ1) is 23.2. The van der Waals surface area contributed by atoms with E-state index in [9.17, 15) is 0 Å². The minimum Gasteiger partial charge on any atom is -0.354 e. The average Bonchev–Trinajstić information content (AvgIpc) is 2.84. The van der Waals surface area contributed by atoms with Gasteiger partial charge in [0.05, 0.1) is 0 Å². The van der Waals surface area contributed by atoms with E-state index in [1.54, 1.807) is 6.33 Å². The van der Waals surface area contributed by atoms with Crippen molar-refractivity contribution in [1.82, 2.24) is 30.8 Å². The molecular weight excluding hydrogens is 376 g/mol. The van der Waals surface area contributed by atoms with Gasteiger partial charge in [0.15, 0.2) is 0 Å². The van der Waals surface area contributed by atoms with Gasteiger partial charge >= 0.3 is 0 Å². The molecule has 4 heterocycles. The molecule has 0 aromatic carbocycles. The smallest absolute Gasteiger partial charge is 0.134 e. The summed E-state index contributed by atoms with van der Waals surface area (Å²) in [5, 5.41) is 10.1. The maximum Gasteiger partial charge on any atom is 0.134 e. The van der Waals surface area contributed by atoms with Gasteiger partial charge in [-0.1, -0.05) is 26.2 Å². The molecular formula is C22H42N8. The van der Waals surface area contributed by atoms with Crippen LogP contribution >= 0.6 is 0 Å². The Morgan fingerprint density at radius 3 is 1.70 bits per heavy atom. The van der Waals surface area contributed by atoms with Gasteiger partial charge in [0.1, 0.15) is 18.0 Å². The summed E-state index contributed by atoms with van der Waals surface area (Å²) in [4.78, 5) is 16.0. The molecule has 3 fully saturated rings. The number of unbranched alkanes of at least 4 members (excludes halogenated alkanes) is 3. The number of rotatable bonds is 7. The predicted octanol–water partition coefficient (Wildman–Crippen LogP) is 0.768. The van der Waals surface area contributed by atoms with E-state index in [0.717, 1.165) is 64.0 Å². The highest BCUT2D eigenvalue weighted by atomic mass is 15.3. The van der Waals surface area contributed by atoms with E-state index in [2.05, 4.69) is 53.6 Å². The maximum absolute atomic E-state index is 4.40. The molecule has 1 aromatic rings. The second kappa shape index (κ2) is 13.7. The molecule has 1 aromatic heterocycles. The topological polar surface area (TPSA) is 71.6 Å². The normalized spacial score (nSPS) is 20.6. The molecule has 0 radical (unpaired) electrons. The van der Waals surface area contributed by atoms with Crippen LogP contribution in [0.3, 0.4) is 0 Å². The van der Waals surface area contributed by atoms with Crippen molar-refractivity contribution >= 4 is 11.6 Å². The Hall–Kier alpha value is -1.48. The molecule has 0 aliphatic carbocycles. The Bertz CT molecular complexity index is 533. The minimum absolute atomic E-state index is 1.03. The lowest BCUT2D eigenvalue weighted by Gasteiger charge is -2.31. The number of nitrogens with zero attached hydrogens (tertiary/aromatic N) is 5. The van der Waals surface area contributed by atoms with Crippen LogP contribution in [-0.2, 0) is 0 Å². The zero-order valence-corrected chi connectivity index (χ0v) is 18.9. The quantitative estimate of drug-likeness (QED) is 0.561. The number of hydrogen-bond acceptors (Lipinski definition) is 8. The van der Waals surface area contributed by atoms with Crippen molar-refractivity contribution in [2.75, 3.05) is 94.9 Å². The fourth-order valence-electron chi connectivity index (χ4n) is 4.17. The third-order valence-electron chi connectivity index (χ3n) is 6.06. The SMILES string of the molecule is CCCCCCN1CCNCC1.c1nc(N2CCNCC2)cc(N2CCNCC2)n1. The summed E-state index contributed by atoms with van der Waals surface area (Å²) < 4.78 is 0. The van der Waals surface area contributed by atoms with Gasteiger partial charge in [-0.2, -0.15) is 0 Å². The largest absolute Gasteiger partial charge is 0.354 e. The summed E-state index contributed by atoms with van der Waals surface area (Å²) in [6.07, 6.45) is 7.26. The van der Waals surface area contributed by atoms with E-state index < -0.39 is 0 Å². The number of nitrogens with one attached hydrogen (secondary N) is 3. The Morgan fingerprint density at radius 2 is 1.20 bits per heavy atom. The Kier molecular flexibility index (Phi) is 10.6. The molecule has 3 aliphatic heterocycles. The molecule has 170 valence electrons. The van der Waals surface area contributed by atoms with E-state index in [1.807, 2.05) is 0 Å². The van der Waals surface area contributed by atoms with Crippen LogP contribution in [-0.4, -0.2) is 99.9 Å². The lowest BCUT2D eigenvalue weighted by Crippen LogP contribution is -2.45. The number of hydrogen-bond donors (Lipinski definition) is 3. The highest BCUT2D eigenvalue weighted by Gasteiger charge is 2.16. The number of aromatic nitrogens is 2. The van der Waals surface area contributed by atoms with Crippen molar-refractivity contribution < 1.29 is 0 Å². The fraction of sp³-hybridized carbons (Fsp3) is 0.818. The summed E-state index contributed by atoms with van der Waals surface area (Å²) in [5.74, 6) is 2.11. The molecule has 0 saturated carbocycles. The van der Waals surface area contributed by atoms with Gasteiger partial charge in [0.25, 0.3) is 0 Å². The Labute approximate surface area is 182 Å². The minimum atomic E-state index is 1.03. The zero-order chi connectivity index (χ0) is 20.9. The third kappa shape index (κ3) is 7.98. The van der Waals surface area contributed by atoms with Gasteiger partial charge in [-0.3, -0.25) is 0 Å². The van der Waals surface area contributed by atoms with Gasteiger partial charge in [-0.25, -0.2) is 9.97 Å². The summed E-state index contributed by atoms with van der Waals surface area (Å²) in [7, 11) is 0. The van der Waals surface area contributed by atoms with E-state index >= 15 is 0 Å². The summed E-state index contributed by atoms with van der Waals surface area (Å²) in [6.45, 7) is 16.7. The molecule has 4 rings (SSSR count). The molecule has 30 heavy (non-hydrogen) atoms. The number of anilines is 2. The zero-order valence-electron chi connectivity index (χ0n) is 18.9. The van der Waals surface area contributed by atoms with Gasteiger partial charge < -0.3 is 30.7 Å². The first-order chi connectivity index (χ1) is 14.9. The van der Waals surface area contributed by atoms with Crippen LogP contribution in [0, 0.1) is 0 Å². The highest BCUT2D eigenvalue weighted by Crippen LogP contribution is 2.18. The monoisotopic (exact) mass is 418 g/mol. The van der Waals surface area contributed by atoms with Crippen molar-refractivity contribution in [3.63, 3.8) is 0 Å². The molecule has 8 heteroatoms. The Balaban J connectivity index is 0.000000187. The van der Waals surface area contributed by atoms with E-state index in [-0.39, 0.29) is 0 Å². The van der Waals surface area contributed by atoms with Crippen LogP contribution in [0.2, 0.25) is 0 Å². The predicted molar refractivity (Wildman–Crippen MR) is 126 cm³/mol. The highest BCUT2D eigenvalue weighted by molar-refractivity contribution is 5.50. The standard InChI is InChI=1S/C12H20N6.C10H22N2/c1-5-17(6-2-13-1)11-9-12(16-10-15-11)18-7-3-14-4-8-18;1-2-3-4-5-8-12-9-6-11-7-10-12/h9-10,13-14H,1-8H2;11H,2-10H2,1H3. The van der Waals surface area contributed by atoms with E-state index in [1.165, 1.54) is 58.4 Å². The second-order valence-corrected chi connectivity index (χ2v) is 8.36.